The Labute approximate surface area is 114 Å². The molecule has 0 spiro atoms. The highest BCUT2D eigenvalue weighted by atomic mass is 32.2. The third kappa shape index (κ3) is 3.51. The van der Waals surface area contributed by atoms with Gasteiger partial charge in [-0.25, -0.2) is 9.78 Å². The number of thioether (sulfide) groups is 1. The van der Waals surface area contributed by atoms with Crippen LogP contribution in [0.5, 0.6) is 5.95 Å². The first-order chi connectivity index (χ1) is 9.20. The number of nitrogens with zero attached hydrogens (tertiary/aromatic N) is 1. The maximum absolute atomic E-state index is 10.6. The Balaban J connectivity index is 2.31. The zero-order chi connectivity index (χ0) is 13.7. The molecule has 100 valence electrons. The summed E-state index contributed by atoms with van der Waals surface area (Å²) in [5.74, 6) is 1.14. The molecule has 1 heterocycles. The lowest BCUT2D eigenvalue weighted by atomic mass is 10.2. The van der Waals surface area contributed by atoms with Gasteiger partial charge in [-0.2, -0.15) is 11.8 Å². The summed E-state index contributed by atoms with van der Waals surface area (Å²) < 4.78 is 10.0. The third-order valence-electron chi connectivity index (χ3n) is 2.41. The molecule has 19 heavy (non-hydrogen) atoms. The molecule has 0 fully saturated rings. The first-order valence-corrected chi connectivity index (χ1v) is 7.05. The fourth-order valence-corrected chi connectivity index (χ4v) is 1.96. The second kappa shape index (κ2) is 6.29. The van der Waals surface area contributed by atoms with Crippen molar-refractivity contribution < 1.29 is 19.1 Å². The number of hydrogen-bond acceptors (Lipinski definition) is 5. The van der Waals surface area contributed by atoms with Gasteiger partial charge >= 0.3 is 12.1 Å². The molecule has 1 N–H and O–H groups in total. The molecule has 1 aromatic heterocycles. The molecule has 6 heteroatoms. The minimum absolute atomic E-state index is 0.0413. The van der Waals surface area contributed by atoms with Gasteiger partial charge in [0, 0.05) is 12.0 Å². The van der Waals surface area contributed by atoms with E-state index < -0.39 is 6.16 Å². The van der Waals surface area contributed by atoms with Crippen LogP contribution in [0, 0.1) is 0 Å². The molecule has 0 aliphatic carbocycles. The Bertz CT molecular complexity index is 553. The van der Waals surface area contributed by atoms with E-state index in [1.165, 1.54) is 0 Å². The molecule has 0 radical (unpaired) electrons. The number of benzene rings is 1. The lowest BCUT2D eigenvalue weighted by molar-refractivity contribution is 0.132. The fraction of sp³-hybridized carbons (Fsp3) is 0.231. The summed E-state index contributed by atoms with van der Waals surface area (Å²) >= 11 is 1.64. The molecular weight excluding hydrogens is 266 g/mol. The molecule has 5 nitrogen and oxygen atoms in total. The van der Waals surface area contributed by atoms with Gasteiger partial charge in [-0.3, -0.25) is 0 Å². The summed E-state index contributed by atoms with van der Waals surface area (Å²) in [4.78, 5) is 14.9. The Morgan fingerprint density at radius 2 is 2.16 bits per heavy atom. The van der Waals surface area contributed by atoms with Crippen LogP contribution in [0.15, 0.2) is 34.7 Å². The van der Waals surface area contributed by atoms with Gasteiger partial charge in [0.05, 0.1) is 0 Å². The van der Waals surface area contributed by atoms with Gasteiger partial charge in [-0.05, 0) is 24.1 Å². The standard InChI is InChI=1S/C13H13NO4S/c1-19-8-7-10-12(18-13(15)16)17-11(14-10)9-5-3-2-4-6-9/h2-6H,7-8H2,1H3,(H,15,16). The van der Waals surface area contributed by atoms with Gasteiger partial charge in [0.15, 0.2) is 0 Å². The van der Waals surface area contributed by atoms with Crippen LogP contribution >= 0.6 is 11.8 Å². The Kier molecular flexibility index (Phi) is 4.46. The first kappa shape index (κ1) is 13.5. The Morgan fingerprint density at radius 3 is 2.79 bits per heavy atom. The molecule has 0 saturated carbocycles. The van der Waals surface area contributed by atoms with E-state index in [0.717, 1.165) is 11.3 Å². The number of carboxylic acid groups (broad SMARTS) is 1. The topological polar surface area (TPSA) is 72.6 Å². The average molecular weight is 279 g/mol. The number of oxazole rings is 1. The molecule has 0 aliphatic rings. The van der Waals surface area contributed by atoms with Crippen molar-refractivity contribution in [3.05, 3.63) is 36.0 Å². The van der Waals surface area contributed by atoms with Crippen LogP contribution in [-0.2, 0) is 6.42 Å². The number of carbonyl (C=O) groups is 1. The largest absolute Gasteiger partial charge is 0.513 e. The maximum atomic E-state index is 10.6. The van der Waals surface area contributed by atoms with Crippen molar-refractivity contribution in [3.8, 4) is 17.4 Å². The average Bonchev–Trinajstić information content (AvgIpc) is 2.80. The van der Waals surface area contributed by atoms with Crippen molar-refractivity contribution in [1.82, 2.24) is 4.98 Å². The van der Waals surface area contributed by atoms with Gasteiger partial charge in [-0.15, -0.1) is 0 Å². The van der Waals surface area contributed by atoms with Gasteiger partial charge in [0.1, 0.15) is 5.69 Å². The zero-order valence-corrected chi connectivity index (χ0v) is 11.1. The van der Waals surface area contributed by atoms with E-state index in [2.05, 4.69) is 9.72 Å². The summed E-state index contributed by atoms with van der Waals surface area (Å²) in [6.45, 7) is 0. The number of hydrogen-bond donors (Lipinski definition) is 1. The summed E-state index contributed by atoms with van der Waals surface area (Å²) in [6.07, 6.45) is 1.16. The molecular formula is C13H13NO4S. The van der Waals surface area contributed by atoms with Gasteiger partial charge in [0.2, 0.25) is 5.89 Å². The Hall–Kier alpha value is -1.95. The van der Waals surface area contributed by atoms with E-state index in [1.807, 2.05) is 36.6 Å². The second-order valence-electron chi connectivity index (χ2n) is 3.73. The summed E-state index contributed by atoms with van der Waals surface area (Å²) in [7, 11) is 0. The van der Waals surface area contributed by atoms with Crippen molar-refractivity contribution in [2.24, 2.45) is 0 Å². The fourth-order valence-electron chi connectivity index (χ4n) is 1.56. The maximum Gasteiger partial charge on any atom is 0.513 e. The normalized spacial score (nSPS) is 10.4. The van der Waals surface area contributed by atoms with Crippen LogP contribution in [-0.4, -0.2) is 28.3 Å². The van der Waals surface area contributed by atoms with Crippen molar-refractivity contribution in [2.45, 2.75) is 6.42 Å². The van der Waals surface area contributed by atoms with E-state index in [4.69, 9.17) is 9.52 Å². The molecule has 2 aromatic rings. The lowest BCUT2D eigenvalue weighted by Crippen LogP contribution is -2.04. The van der Waals surface area contributed by atoms with Gasteiger partial charge in [0.25, 0.3) is 0 Å². The predicted octanol–water partition coefficient (Wildman–Crippen LogP) is 3.30. The van der Waals surface area contributed by atoms with Crippen LogP contribution in [0.3, 0.4) is 0 Å². The van der Waals surface area contributed by atoms with Gasteiger partial charge < -0.3 is 14.3 Å². The van der Waals surface area contributed by atoms with Crippen molar-refractivity contribution in [3.63, 3.8) is 0 Å². The molecule has 1 aromatic carbocycles. The van der Waals surface area contributed by atoms with Crippen LogP contribution in [0.1, 0.15) is 5.69 Å². The van der Waals surface area contributed by atoms with Crippen molar-refractivity contribution in [1.29, 1.82) is 0 Å². The highest BCUT2D eigenvalue weighted by molar-refractivity contribution is 7.98. The molecule has 0 amide bonds. The smallest absolute Gasteiger partial charge is 0.449 e. The van der Waals surface area contributed by atoms with E-state index >= 15 is 0 Å². The number of rotatable bonds is 5. The van der Waals surface area contributed by atoms with E-state index in [0.29, 0.717) is 18.0 Å². The van der Waals surface area contributed by atoms with Crippen LogP contribution < -0.4 is 4.74 Å². The van der Waals surface area contributed by atoms with E-state index in [9.17, 15) is 4.79 Å². The summed E-state index contributed by atoms with van der Waals surface area (Å²) in [5.41, 5.74) is 1.31. The molecule has 0 bridgehead atoms. The molecule has 0 unspecified atom stereocenters. The van der Waals surface area contributed by atoms with E-state index in [-0.39, 0.29) is 5.95 Å². The quantitative estimate of drug-likeness (QED) is 0.846. The number of aryl methyl sites for hydroxylation is 1. The van der Waals surface area contributed by atoms with Crippen LogP contribution in [0.4, 0.5) is 4.79 Å². The summed E-state index contributed by atoms with van der Waals surface area (Å²) in [5, 5.41) is 8.68. The number of ether oxygens (including phenoxy) is 1. The third-order valence-corrected chi connectivity index (χ3v) is 3.02. The first-order valence-electron chi connectivity index (χ1n) is 5.65. The molecule has 0 atom stereocenters. The van der Waals surface area contributed by atoms with Crippen molar-refractivity contribution in [2.75, 3.05) is 12.0 Å². The Morgan fingerprint density at radius 1 is 1.42 bits per heavy atom. The zero-order valence-electron chi connectivity index (χ0n) is 10.3. The monoisotopic (exact) mass is 279 g/mol. The number of aromatic nitrogens is 1. The van der Waals surface area contributed by atoms with Crippen LogP contribution in [0.2, 0.25) is 0 Å². The molecule has 0 saturated heterocycles. The summed E-state index contributed by atoms with van der Waals surface area (Å²) in [6, 6.07) is 9.29. The van der Waals surface area contributed by atoms with Crippen molar-refractivity contribution >= 4 is 17.9 Å². The highest BCUT2D eigenvalue weighted by Crippen LogP contribution is 2.28. The second-order valence-corrected chi connectivity index (χ2v) is 4.72. The highest BCUT2D eigenvalue weighted by Gasteiger charge is 2.18. The van der Waals surface area contributed by atoms with Gasteiger partial charge in [-0.1, -0.05) is 18.2 Å². The lowest BCUT2D eigenvalue weighted by Gasteiger charge is -1.97. The van der Waals surface area contributed by atoms with E-state index in [1.54, 1.807) is 11.8 Å². The molecule has 2 rings (SSSR count). The SMILES string of the molecule is CSCCc1nc(-c2ccccc2)oc1OC(=O)O. The minimum Gasteiger partial charge on any atom is -0.449 e. The predicted molar refractivity (Wildman–Crippen MR) is 72.7 cm³/mol. The molecule has 0 aliphatic heterocycles. The minimum atomic E-state index is -1.40. The van der Waals surface area contributed by atoms with Crippen LogP contribution in [0.25, 0.3) is 11.5 Å².